The van der Waals surface area contributed by atoms with Crippen LogP contribution in [0.5, 0.6) is 0 Å². The topological polar surface area (TPSA) is 153 Å². The number of benzene rings is 3. The third-order valence-corrected chi connectivity index (χ3v) is 6.75. The summed E-state index contributed by atoms with van der Waals surface area (Å²) < 4.78 is 51.2. The Balaban J connectivity index is 1.90. The standard InChI is InChI=1S/C20H17N3O7S2/c1-31(27,28)16-8-4-6-14(12-16)21-20(24)18-10-2-3-11-19(18)22-32(29,30)17-9-5-7-15(13-17)23(25)26/h2-13,22H,1H3,(H,21,24). The number of nitro benzene ring substituents is 1. The molecule has 32 heavy (non-hydrogen) atoms. The van der Waals surface area contributed by atoms with Crippen molar-refractivity contribution in [2.75, 3.05) is 16.3 Å². The van der Waals surface area contributed by atoms with Gasteiger partial charge < -0.3 is 5.32 Å². The Hall–Kier alpha value is -3.77. The van der Waals surface area contributed by atoms with Gasteiger partial charge in [-0.15, -0.1) is 0 Å². The maximum Gasteiger partial charge on any atom is 0.270 e. The third-order valence-electron chi connectivity index (χ3n) is 4.27. The predicted octanol–water partition coefficient (Wildman–Crippen LogP) is 3.05. The summed E-state index contributed by atoms with van der Waals surface area (Å²) in [6.07, 6.45) is 1.03. The lowest BCUT2D eigenvalue weighted by Gasteiger charge is -2.13. The molecule has 0 radical (unpaired) electrons. The van der Waals surface area contributed by atoms with Gasteiger partial charge in [0.2, 0.25) is 0 Å². The van der Waals surface area contributed by atoms with Crippen molar-refractivity contribution in [2.24, 2.45) is 0 Å². The fraction of sp³-hybridized carbons (Fsp3) is 0.0500. The Labute approximate surface area is 184 Å². The van der Waals surface area contributed by atoms with Gasteiger partial charge in [-0.05, 0) is 36.4 Å². The highest BCUT2D eigenvalue weighted by Gasteiger charge is 2.21. The largest absolute Gasteiger partial charge is 0.322 e. The number of carbonyl (C=O) groups excluding carboxylic acids is 1. The van der Waals surface area contributed by atoms with E-state index in [9.17, 15) is 31.7 Å². The highest BCUT2D eigenvalue weighted by molar-refractivity contribution is 7.92. The lowest BCUT2D eigenvalue weighted by Crippen LogP contribution is -2.18. The van der Waals surface area contributed by atoms with E-state index in [1.54, 1.807) is 0 Å². The predicted molar refractivity (Wildman–Crippen MR) is 118 cm³/mol. The van der Waals surface area contributed by atoms with Crippen molar-refractivity contribution in [2.45, 2.75) is 9.79 Å². The highest BCUT2D eigenvalue weighted by Crippen LogP contribution is 2.24. The third kappa shape index (κ3) is 5.28. The normalized spacial score (nSPS) is 11.5. The highest BCUT2D eigenvalue weighted by atomic mass is 32.2. The van der Waals surface area contributed by atoms with Crippen LogP contribution in [0.15, 0.2) is 82.6 Å². The molecule has 3 aromatic rings. The van der Waals surface area contributed by atoms with Crippen molar-refractivity contribution < 1.29 is 26.6 Å². The summed E-state index contributed by atoms with van der Waals surface area (Å²) in [5.74, 6) is -0.687. The zero-order valence-electron chi connectivity index (χ0n) is 16.5. The molecule has 12 heteroatoms. The summed E-state index contributed by atoms with van der Waals surface area (Å²) in [4.78, 5) is 22.7. The summed E-state index contributed by atoms with van der Waals surface area (Å²) in [7, 11) is -7.73. The van der Waals surface area contributed by atoms with Gasteiger partial charge in [0.1, 0.15) is 0 Å². The van der Waals surface area contributed by atoms with Crippen LogP contribution < -0.4 is 10.0 Å². The minimum atomic E-state index is -4.24. The number of sulfone groups is 1. The molecule has 0 aromatic heterocycles. The van der Waals surface area contributed by atoms with Crippen molar-refractivity contribution in [3.05, 3.63) is 88.5 Å². The van der Waals surface area contributed by atoms with Crippen LogP contribution in [0.3, 0.4) is 0 Å². The first kappa shape index (κ1) is 22.9. The molecule has 0 aliphatic heterocycles. The molecule has 3 rings (SSSR count). The van der Waals surface area contributed by atoms with E-state index in [1.165, 1.54) is 60.7 Å². The Morgan fingerprint density at radius 3 is 2.22 bits per heavy atom. The summed E-state index contributed by atoms with van der Waals surface area (Å²) >= 11 is 0. The Kier molecular flexibility index (Phi) is 6.27. The van der Waals surface area contributed by atoms with E-state index >= 15 is 0 Å². The molecule has 2 N–H and O–H groups in total. The van der Waals surface area contributed by atoms with E-state index < -0.39 is 36.4 Å². The molecule has 0 saturated carbocycles. The van der Waals surface area contributed by atoms with Gasteiger partial charge in [0.05, 0.1) is 26.0 Å². The second-order valence-corrected chi connectivity index (χ2v) is 10.4. The van der Waals surface area contributed by atoms with Crippen molar-refractivity contribution in [3.63, 3.8) is 0 Å². The Morgan fingerprint density at radius 1 is 0.875 bits per heavy atom. The number of hydrogen-bond acceptors (Lipinski definition) is 7. The maximum atomic E-state index is 12.8. The van der Waals surface area contributed by atoms with Crippen LogP contribution in [0.1, 0.15) is 10.4 Å². The van der Waals surface area contributed by atoms with Crippen molar-refractivity contribution >= 4 is 42.8 Å². The van der Waals surface area contributed by atoms with Crippen LogP contribution in [0.2, 0.25) is 0 Å². The number of non-ortho nitro benzene ring substituents is 1. The Morgan fingerprint density at radius 2 is 1.53 bits per heavy atom. The molecule has 0 aliphatic carbocycles. The fourth-order valence-electron chi connectivity index (χ4n) is 2.74. The van der Waals surface area contributed by atoms with Crippen LogP contribution in [-0.2, 0) is 19.9 Å². The van der Waals surface area contributed by atoms with E-state index in [2.05, 4.69) is 10.0 Å². The molecule has 0 bridgehead atoms. The molecule has 0 fully saturated rings. The van der Waals surface area contributed by atoms with Gasteiger partial charge in [-0.2, -0.15) is 0 Å². The summed E-state index contributed by atoms with van der Waals surface area (Å²) in [5.41, 5.74) is -0.291. The van der Waals surface area contributed by atoms with Gasteiger partial charge >= 0.3 is 0 Å². The van der Waals surface area contributed by atoms with E-state index in [-0.39, 0.29) is 26.7 Å². The summed E-state index contributed by atoms with van der Waals surface area (Å²) in [6, 6.07) is 15.9. The minimum absolute atomic E-state index is 0.00922. The number of anilines is 2. The van der Waals surface area contributed by atoms with Gasteiger partial charge in [0.15, 0.2) is 9.84 Å². The number of hydrogen-bond donors (Lipinski definition) is 2. The van der Waals surface area contributed by atoms with Crippen LogP contribution >= 0.6 is 0 Å². The first-order chi connectivity index (χ1) is 15.0. The molecule has 10 nitrogen and oxygen atoms in total. The lowest BCUT2D eigenvalue weighted by molar-refractivity contribution is -0.385. The van der Waals surface area contributed by atoms with Gasteiger partial charge in [-0.3, -0.25) is 19.6 Å². The number of amides is 1. The number of nitrogens with one attached hydrogen (secondary N) is 2. The second-order valence-electron chi connectivity index (χ2n) is 6.66. The number of nitro groups is 1. The number of para-hydroxylation sites is 1. The molecule has 0 heterocycles. The zero-order chi connectivity index (χ0) is 23.5. The van der Waals surface area contributed by atoms with Crippen LogP contribution in [0.4, 0.5) is 17.1 Å². The molecule has 166 valence electrons. The van der Waals surface area contributed by atoms with Gasteiger partial charge in [0, 0.05) is 24.1 Å². The molecular weight excluding hydrogens is 458 g/mol. The van der Waals surface area contributed by atoms with Crippen molar-refractivity contribution in [1.82, 2.24) is 0 Å². The lowest BCUT2D eigenvalue weighted by atomic mass is 10.1. The second kappa shape index (κ2) is 8.77. The first-order valence-corrected chi connectivity index (χ1v) is 12.3. The van der Waals surface area contributed by atoms with E-state index in [4.69, 9.17) is 0 Å². The average Bonchev–Trinajstić information content (AvgIpc) is 2.73. The summed E-state index contributed by atoms with van der Waals surface area (Å²) in [6.45, 7) is 0. The molecule has 0 aliphatic rings. The van der Waals surface area contributed by atoms with Crippen LogP contribution in [0.25, 0.3) is 0 Å². The van der Waals surface area contributed by atoms with Gasteiger partial charge in [-0.25, -0.2) is 16.8 Å². The molecule has 3 aromatic carbocycles. The first-order valence-electron chi connectivity index (χ1n) is 8.95. The molecule has 1 amide bonds. The van der Waals surface area contributed by atoms with Crippen LogP contribution in [-0.4, -0.2) is 33.9 Å². The van der Waals surface area contributed by atoms with Gasteiger partial charge in [-0.1, -0.05) is 24.3 Å². The van der Waals surface area contributed by atoms with E-state index in [0.29, 0.717) is 0 Å². The molecule has 0 saturated heterocycles. The maximum absolute atomic E-state index is 12.8. The average molecular weight is 476 g/mol. The fourth-order valence-corrected chi connectivity index (χ4v) is 4.53. The molecule has 0 atom stereocenters. The Bertz CT molecular complexity index is 1420. The monoisotopic (exact) mass is 475 g/mol. The van der Waals surface area contributed by atoms with Gasteiger partial charge in [0.25, 0.3) is 21.6 Å². The van der Waals surface area contributed by atoms with E-state index in [1.807, 2.05) is 0 Å². The minimum Gasteiger partial charge on any atom is -0.322 e. The summed E-state index contributed by atoms with van der Waals surface area (Å²) in [5, 5.41) is 13.5. The van der Waals surface area contributed by atoms with Crippen molar-refractivity contribution in [1.29, 1.82) is 0 Å². The molecule has 0 spiro atoms. The molecular formula is C20H17N3O7S2. The van der Waals surface area contributed by atoms with E-state index in [0.717, 1.165) is 18.4 Å². The number of nitrogens with zero attached hydrogens (tertiary/aromatic N) is 1. The van der Waals surface area contributed by atoms with Crippen LogP contribution in [0, 0.1) is 10.1 Å². The quantitative estimate of drug-likeness (QED) is 0.393. The molecule has 0 unspecified atom stereocenters. The zero-order valence-corrected chi connectivity index (χ0v) is 18.2. The number of rotatable bonds is 7. The van der Waals surface area contributed by atoms with Crippen molar-refractivity contribution in [3.8, 4) is 0 Å². The SMILES string of the molecule is CS(=O)(=O)c1cccc(NC(=O)c2ccccc2NS(=O)(=O)c2cccc([N+](=O)[O-])c2)c1. The number of sulfonamides is 1. The smallest absolute Gasteiger partial charge is 0.270 e. The number of carbonyl (C=O) groups is 1.